The minimum absolute atomic E-state index is 0.246. The van der Waals surface area contributed by atoms with Gasteiger partial charge in [0.2, 0.25) is 5.91 Å². The number of nitrogens with two attached hydrogens (primary N) is 1. The van der Waals surface area contributed by atoms with Gasteiger partial charge in [0, 0.05) is 24.2 Å². The Hall–Kier alpha value is -3.02. The predicted molar refractivity (Wildman–Crippen MR) is 97.4 cm³/mol. The van der Waals surface area contributed by atoms with Crippen molar-refractivity contribution >= 4 is 23.2 Å². The van der Waals surface area contributed by atoms with Crippen molar-refractivity contribution in [2.45, 2.75) is 12.8 Å². The van der Waals surface area contributed by atoms with Crippen LogP contribution in [0.1, 0.15) is 33.6 Å². The topological polar surface area (TPSA) is 84.7 Å². The number of carbonyl (C=O) groups is 2. The maximum Gasteiger partial charge on any atom is 0.255 e. The zero-order valence-electron chi connectivity index (χ0n) is 14.1. The van der Waals surface area contributed by atoms with Crippen molar-refractivity contribution in [1.29, 1.82) is 0 Å². The highest BCUT2D eigenvalue weighted by Gasteiger charge is 2.19. The molecular weight excluding hydrogens is 318 g/mol. The fourth-order valence-electron chi connectivity index (χ4n) is 2.96. The number of nitrogens with zero attached hydrogens (tertiary/aromatic N) is 1. The van der Waals surface area contributed by atoms with Gasteiger partial charge in [-0.2, -0.15) is 0 Å². The zero-order valence-corrected chi connectivity index (χ0v) is 14.1. The van der Waals surface area contributed by atoms with E-state index in [9.17, 15) is 9.59 Å². The zero-order chi connectivity index (χ0) is 17.8. The minimum atomic E-state index is -0.520. The number of methoxy groups -OCH3 is 1. The molecule has 130 valence electrons. The number of benzene rings is 2. The molecule has 2 amide bonds. The third kappa shape index (κ3) is 3.74. The summed E-state index contributed by atoms with van der Waals surface area (Å²) in [7, 11) is 1.58. The first-order valence-corrected chi connectivity index (χ1v) is 8.22. The molecule has 2 aromatic rings. The molecule has 1 aliphatic heterocycles. The summed E-state index contributed by atoms with van der Waals surface area (Å²) < 4.78 is 5.11. The van der Waals surface area contributed by atoms with Crippen molar-refractivity contribution in [1.82, 2.24) is 0 Å². The summed E-state index contributed by atoms with van der Waals surface area (Å²) in [6, 6.07) is 12.0. The van der Waals surface area contributed by atoms with Gasteiger partial charge in [0.1, 0.15) is 5.75 Å². The van der Waals surface area contributed by atoms with Crippen LogP contribution in [0.4, 0.5) is 11.4 Å². The molecule has 0 bridgehead atoms. The van der Waals surface area contributed by atoms with Gasteiger partial charge in [-0.25, -0.2) is 0 Å². The highest BCUT2D eigenvalue weighted by molar-refractivity contribution is 6.07. The molecule has 1 fully saturated rings. The Kier molecular flexibility index (Phi) is 4.88. The third-order valence-corrected chi connectivity index (χ3v) is 4.33. The van der Waals surface area contributed by atoms with Gasteiger partial charge in [0.15, 0.2) is 0 Å². The summed E-state index contributed by atoms with van der Waals surface area (Å²) in [6.07, 6.45) is 2.23. The van der Waals surface area contributed by atoms with Crippen molar-refractivity contribution in [2.75, 3.05) is 30.4 Å². The number of hydrogen-bond acceptors (Lipinski definition) is 4. The highest BCUT2D eigenvalue weighted by atomic mass is 16.5. The Labute approximate surface area is 146 Å². The van der Waals surface area contributed by atoms with E-state index in [-0.39, 0.29) is 5.91 Å². The first-order chi connectivity index (χ1) is 12.1. The van der Waals surface area contributed by atoms with E-state index in [1.54, 1.807) is 43.5 Å². The van der Waals surface area contributed by atoms with Crippen molar-refractivity contribution in [3.63, 3.8) is 0 Å². The van der Waals surface area contributed by atoms with Crippen molar-refractivity contribution in [3.8, 4) is 5.75 Å². The van der Waals surface area contributed by atoms with Crippen molar-refractivity contribution in [3.05, 3.63) is 53.6 Å². The molecule has 2 aromatic carbocycles. The predicted octanol–water partition coefficient (Wildman–Crippen LogP) is 2.65. The van der Waals surface area contributed by atoms with Crippen LogP contribution in [0.2, 0.25) is 0 Å². The molecule has 3 rings (SSSR count). The molecule has 25 heavy (non-hydrogen) atoms. The summed E-state index contributed by atoms with van der Waals surface area (Å²) >= 11 is 0. The number of hydrogen-bond donors (Lipinski definition) is 2. The van der Waals surface area contributed by atoms with Gasteiger partial charge in [0.05, 0.1) is 18.5 Å². The summed E-state index contributed by atoms with van der Waals surface area (Å²) in [5, 5.41) is 2.91. The van der Waals surface area contributed by atoms with Gasteiger partial charge in [-0.15, -0.1) is 0 Å². The molecular formula is C19H21N3O3. The first kappa shape index (κ1) is 16.8. The number of anilines is 2. The normalized spacial score (nSPS) is 13.6. The molecule has 1 heterocycles. The molecule has 0 atom stereocenters. The van der Waals surface area contributed by atoms with Crippen LogP contribution in [0, 0.1) is 0 Å². The lowest BCUT2D eigenvalue weighted by atomic mass is 10.1. The van der Waals surface area contributed by atoms with E-state index in [4.69, 9.17) is 10.5 Å². The van der Waals surface area contributed by atoms with Gasteiger partial charge in [-0.3, -0.25) is 9.59 Å². The van der Waals surface area contributed by atoms with E-state index in [1.165, 1.54) is 0 Å². The third-order valence-electron chi connectivity index (χ3n) is 4.33. The van der Waals surface area contributed by atoms with Crippen molar-refractivity contribution in [2.24, 2.45) is 5.73 Å². The molecule has 0 aromatic heterocycles. The van der Waals surface area contributed by atoms with Gasteiger partial charge in [-0.05, 0) is 55.3 Å². The lowest BCUT2D eigenvalue weighted by molar-refractivity contribution is 0.0996. The SMILES string of the molecule is COc1ccc(C(=O)Nc2cc(C(N)=O)ccc2N2CCCC2)cc1. The maximum atomic E-state index is 12.6. The Morgan fingerprint density at radius 2 is 1.68 bits per heavy atom. The minimum Gasteiger partial charge on any atom is -0.497 e. The molecule has 1 aliphatic rings. The molecule has 3 N–H and O–H groups in total. The van der Waals surface area contributed by atoms with Gasteiger partial charge in [-0.1, -0.05) is 0 Å². The van der Waals surface area contributed by atoms with Crippen LogP contribution in [0.25, 0.3) is 0 Å². The second-order valence-corrected chi connectivity index (χ2v) is 5.97. The van der Waals surface area contributed by atoms with Crippen LogP contribution in [-0.2, 0) is 0 Å². The lowest BCUT2D eigenvalue weighted by Gasteiger charge is -2.22. The Morgan fingerprint density at radius 3 is 2.28 bits per heavy atom. The molecule has 1 saturated heterocycles. The second-order valence-electron chi connectivity index (χ2n) is 5.97. The van der Waals surface area contributed by atoms with Crippen LogP contribution >= 0.6 is 0 Å². The number of primary amides is 1. The average Bonchev–Trinajstić information content (AvgIpc) is 3.16. The van der Waals surface area contributed by atoms with E-state index in [0.29, 0.717) is 22.6 Å². The van der Waals surface area contributed by atoms with E-state index < -0.39 is 5.91 Å². The average molecular weight is 339 g/mol. The first-order valence-electron chi connectivity index (χ1n) is 8.22. The van der Waals surface area contributed by atoms with Crippen LogP contribution < -0.4 is 20.7 Å². The van der Waals surface area contributed by atoms with Crippen LogP contribution in [-0.4, -0.2) is 32.0 Å². The number of ether oxygens (including phenoxy) is 1. The lowest BCUT2D eigenvalue weighted by Crippen LogP contribution is -2.22. The van der Waals surface area contributed by atoms with Crippen LogP contribution in [0.3, 0.4) is 0 Å². The molecule has 6 nitrogen and oxygen atoms in total. The molecule has 0 radical (unpaired) electrons. The van der Waals surface area contributed by atoms with Crippen LogP contribution in [0.5, 0.6) is 5.75 Å². The smallest absolute Gasteiger partial charge is 0.255 e. The second kappa shape index (κ2) is 7.25. The Bertz CT molecular complexity index is 781. The summed E-state index contributed by atoms with van der Waals surface area (Å²) in [5.41, 5.74) is 7.76. The van der Waals surface area contributed by atoms with Gasteiger partial charge in [0.25, 0.3) is 5.91 Å². The molecule has 0 unspecified atom stereocenters. The quantitative estimate of drug-likeness (QED) is 0.877. The van der Waals surface area contributed by atoms with Gasteiger partial charge < -0.3 is 20.7 Å². The monoisotopic (exact) mass is 339 g/mol. The fraction of sp³-hybridized carbons (Fsp3) is 0.263. The van der Waals surface area contributed by atoms with Gasteiger partial charge >= 0.3 is 0 Å². The maximum absolute atomic E-state index is 12.6. The number of amides is 2. The summed E-state index contributed by atoms with van der Waals surface area (Å²) in [4.78, 5) is 26.3. The van der Waals surface area contributed by atoms with E-state index in [0.717, 1.165) is 31.6 Å². The Balaban J connectivity index is 1.88. The van der Waals surface area contributed by atoms with E-state index >= 15 is 0 Å². The highest BCUT2D eigenvalue weighted by Crippen LogP contribution is 2.30. The molecule has 0 spiro atoms. The largest absolute Gasteiger partial charge is 0.497 e. The van der Waals surface area contributed by atoms with Crippen molar-refractivity contribution < 1.29 is 14.3 Å². The summed E-state index contributed by atoms with van der Waals surface area (Å²) in [5.74, 6) is -0.0809. The number of nitrogens with one attached hydrogen (secondary N) is 1. The number of rotatable bonds is 5. The molecule has 0 saturated carbocycles. The summed E-state index contributed by atoms with van der Waals surface area (Å²) in [6.45, 7) is 1.86. The standard InChI is InChI=1S/C19H21N3O3/c1-25-15-7-4-13(5-8-15)19(24)21-16-12-14(18(20)23)6-9-17(16)22-10-2-3-11-22/h4-9,12H,2-3,10-11H2,1H3,(H2,20,23)(H,21,24). The van der Waals surface area contributed by atoms with E-state index in [1.807, 2.05) is 6.07 Å². The number of carbonyl (C=O) groups excluding carboxylic acids is 2. The fourth-order valence-corrected chi connectivity index (χ4v) is 2.96. The van der Waals surface area contributed by atoms with E-state index in [2.05, 4.69) is 10.2 Å². The molecule has 6 heteroatoms. The molecule has 0 aliphatic carbocycles. The van der Waals surface area contributed by atoms with Crippen LogP contribution in [0.15, 0.2) is 42.5 Å². The Morgan fingerprint density at radius 1 is 1.04 bits per heavy atom.